The first kappa shape index (κ1) is 13.2. The lowest BCUT2D eigenvalue weighted by Gasteiger charge is -2.08. The molecule has 0 atom stereocenters. The lowest BCUT2D eigenvalue weighted by Crippen LogP contribution is -2.18. The second-order valence-electron chi connectivity index (χ2n) is 5.13. The van der Waals surface area contributed by atoms with Gasteiger partial charge in [0.1, 0.15) is 6.54 Å². The summed E-state index contributed by atoms with van der Waals surface area (Å²) >= 11 is 0. The summed E-state index contributed by atoms with van der Waals surface area (Å²) in [6.45, 7) is 2.33. The molecule has 0 radical (unpaired) electrons. The molecule has 1 heterocycles. The van der Waals surface area contributed by atoms with E-state index in [4.69, 9.17) is 5.73 Å². The molecule has 3 rings (SSSR count). The average Bonchev–Trinajstić information content (AvgIpc) is 2.76. The standard InChI is InChI=1S/C17H17N3O/c1-12-10-20(16-8-3-2-7-15(12)16)11-17(21)19-14-6-4-5-13(18)9-14/h2-10H,11,18H2,1H3,(H,19,21). The van der Waals surface area contributed by atoms with E-state index in [1.165, 1.54) is 10.9 Å². The second-order valence-corrected chi connectivity index (χ2v) is 5.13. The van der Waals surface area contributed by atoms with Crippen LogP contribution in [0, 0.1) is 6.92 Å². The summed E-state index contributed by atoms with van der Waals surface area (Å²) in [5, 5.41) is 4.04. The van der Waals surface area contributed by atoms with Crippen molar-refractivity contribution in [3.05, 3.63) is 60.3 Å². The van der Waals surface area contributed by atoms with Gasteiger partial charge in [-0.25, -0.2) is 0 Å². The summed E-state index contributed by atoms with van der Waals surface area (Å²) in [6, 6.07) is 15.3. The van der Waals surface area contributed by atoms with Crippen LogP contribution in [0.25, 0.3) is 10.9 Å². The molecule has 0 saturated carbocycles. The predicted molar refractivity (Wildman–Crippen MR) is 86.2 cm³/mol. The number of nitrogens with two attached hydrogens (primary N) is 1. The number of amides is 1. The van der Waals surface area contributed by atoms with Crippen molar-refractivity contribution in [1.29, 1.82) is 0 Å². The van der Waals surface area contributed by atoms with E-state index in [0.717, 1.165) is 5.52 Å². The summed E-state index contributed by atoms with van der Waals surface area (Å²) in [7, 11) is 0. The third kappa shape index (κ3) is 2.74. The van der Waals surface area contributed by atoms with E-state index in [2.05, 4.69) is 18.3 Å². The number of hydrogen-bond donors (Lipinski definition) is 2. The molecule has 0 aliphatic heterocycles. The van der Waals surface area contributed by atoms with Gasteiger partial charge in [-0.15, -0.1) is 0 Å². The molecule has 0 saturated heterocycles. The van der Waals surface area contributed by atoms with Crippen LogP contribution in [0.4, 0.5) is 11.4 Å². The van der Waals surface area contributed by atoms with Gasteiger partial charge in [0.2, 0.25) is 5.91 Å². The molecule has 0 unspecified atom stereocenters. The van der Waals surface area contributed by atoms with Crippen molar-refractivity contribution in [2.45, 2.75) is 13.5 Å². The Kier molecular flexibility index (Phi) is 3.36. The van der Waals surface area contributed by atoms with Crippen molar-refractivity contribution in [2.24, 2.45) is 0 Å². The molecule has 0 fully saturated rings. The lowest BCUT2D eigenvalue weighted by atomic mass is 10.2. The molecule has 106 valence electrons. The molecule has 3 aromatic rings. The maximum atomic E-state index is 12.2. The van der Waals surface area contributed by atoms with Gasteiger partial charge in [-0.2, -0.15) is 0 Å². The van der Waals surface area contributed by atoms with Crippen LogP contribution in [0.3, 0.4) is 0 Å². The van der Waals surface area contributed by atoms with E-state index >= 15 is 0 Å². The number of nitrogens with one attached hydrogen (secondary N) is 1. The van der Waals surface area contributed by atoms with Crippen LogP contribution >= 0.6 is 0 Å². The third-order valence-electron chi connectivity index (χ3n) is 3.47. The molecule has 0 bridgehead atoms. The van der Waals surface area contributed by atoms with Crippen molar-refractivity contribution >= 4 is 28.2 Å². The van der Waals surface area contributed by atoms with Crippen molar-refractivity contribution < 1.29 is 4.79 Å². The topological polar surface area (TPSA) is 60.0 Å². The van der Waals surface area contributed by atoms with Crippen LogP contribution in [0.1, 0.15) is 5.56 Å². The number of fused-ring (bicyclic) bond motifs is 1. The molecule has 0 aliphatic rings. The Balaban J connectivity index is 1.80. The third-order valence-corrected chi connectivity index (χ3v) is 3.47. The van der Waals surface area contributed by atoms with Crippen LogP contribution in [-0.2, 0) is 11.3 Å². The first-order chi connectivity index (χ1) is 10.1. The molecule has 21 heavy (non-hydrogen) atoms. The molecule has 1 amide bonds. The van der Waals surface area contributed by atoms with Crippen molar-refractivity contribution in [1.82, 2.24) is 4.57 Å². The van der Waals surface area contributed by atoms with Gasteiger partial charge in [-0.1, -0.05) is 24.3 Å². The highest BCUT2D eigenvalue weighted by Gasteiger charge is 2.08. The Hall–Kier alpha value is -2.75. The van der Waals surface area contributed by atoms with Gasteiger partial charge in [-0.3, -0.25) is 4.79 Å². The number of nitrogens with zero attached hydrogens (tertiary/aromatic N) is 1. The number of aromatic nitrogens is 1. The number of carbonyl (C=O) groups is 1. The Morgan fingerprint density at radius 3 is 2.81 bits per heavy atom. The molecular weight excluding hydrogens is 262 g/mol. The molecule has 0 spiro atoms. The summed E-state index contributed by atoms with van der Waals surface area (Å²) in [5.41, 5.74) is 9.29. The fraction of sp³-hybridized carbons (Fsp3) is 0.118. The van der Waals surface area contributed by atoms with Crippen LogP contribution in [0.5, 0.6) is 0 Å². The lowest BCUT2D eigenvalue weighted by molar-refractivity contribution is -0.116. The Labute approximate surface area is 123 Å². The minimum absolute atomic E-state index is 0.0682. The summed E-state index contributed by atoms with van der Waals surface area (Å²) < 4.78 is 1.96. The largest absolute Gasteiger partial charge is 0.399 e. The summed E-state index contributed by atoms with van der Waals surface area (Å²) in [5.74, 6) is -0.0682. The van der Waals surface area contributed by atoms with E-state index in [0.29, 0.717) is 11.4 Å². The quantitative estimate of drug-likeness (QED) is 0.723. The maximum Gasteiger partial charge on any atom is 0.244 e. The SMILES string of the molecule is Cc1cn(CC(=O)Nc2cccc(N)c2)c2ccccc12. The minimum Gasteiger partial charge on any atom is -0.399 e. The van der Waals surface area contributed by atoms with Gasteiger partial charge in [0.05, 0.1) is 0 Å². The van der Waals surface area contributed by atoms with Gasteiger partial charge in [0.25, 0.3) is 0 Å². The van der Waals surface area contributed by atoms with E-state index in [-0.39, 0.29) is 12.5 Å². The Bertz CT molecular complexity index is 805. The molecule has 4 nitrogen and oxygen atoms in total. The van der Waals surface area contributed by atoms with Crippen LogP contribution < -0.4 is 11.1 Å². The van der Waals surface area contributed by atoms with E-state index < -0.39 is 0 Å². The number of carbonyl (C=O) groups excluding carboxylic acids is 1. The molecule has 2 aromatic carbocycles. The zero-order valence-corrected chi connectivity index (χ0v) is 11.8. The highest BCUT2D eigenvalue weighted by molar-refractivity contribution is 5.92. The monoisotopic (exact) mass is 279 g/mol. The number of hydrogen-bond acceptors (Lipinski definition) is 2. The van der Waals surface area contributed by atoms with E-state index in [9.17, 15) is 4.79 Å². The number of benzene rings is 2. The van der Waals surface area contributed by atoms with Crippen molar-refractivity contribution in [3.8, 4) is 0 Å². The summed E-state index contributed by atoms with van der Waals surface area (Å²) in [4.78, 5) is 12.2. The molecular formula is C17H17N3O. The Morgan fingerprint density at radius 2 is 2.00 bits per heavy atom. The van der Waals surface area contributed by atoms with Gasteiger partial charge in [0.15, 0.2) is 0 Å². The van der Waals surface area contributed by atoms with Gasteiger partial charge >= 0.3 is 0 Å². The van der Waals surface area contributed by atoms with Crippen LogP contribution in [-0.4, -0.2) is 10.5 Å². The van der Waals surface area contributed by atoms with Gasteiger partial charge < -0.3 is 15.6 Å². The van der Waals surface area contributed by atoms with E-state index in [1.54, 1.807) is 12.1 Å². The van der Waals surface area contributed by atoms with Gasteiger partial charge in [0, 0.05) is 28.5 Å². The normalized spacial score (nSPS) is 10.7. The number of rotatable bonds is 3. The highest BCUT2D eigenvalue weighted by Crippen LogP contribution is 2.20. The fourth-order valence-electron chi connectivity index (χ4n) is 2.53. The van der Waals surface area contributed by atoms with Crippen LogP contribution in [0.2, 0.25) is 0 Å². The molecule has 3 N–H and O–H groups in total. The smallest absolute Gasteiger partial charge is 0.244 e. The van der Waals surface area contributed by atoms with Crippen LogP contribution in [0.15, 0.2) is 54.7 Å². The Morgan fingerprint density at radius 1 is 1.19 bits per heavy atom. The van der Waals surface area contributed by atoms with Gasteiger partial charge in [-0.05, 0) is 36.8 Å². The summed E-state index contributed by atoms with van der Waals surface area (Å²) in [6.07, 6.45) is 2.00. The molecule has 4 heteroatoms. The highest BCUT2D eigenvalue weighted by atomic mass is 16.1. The first-order valence-electron chi connectivity index (χ1n) is 6.83. The molecule has 0 aliphatic carbocycles. The molecule has 1 aromatic heterocycles. The first-order valence-corrected chi connectivity index (χ1v) is 6.83. The fourth-order valence-corrected chi connectivity index (χ4v) is 2.53. The second kappa shape index (κ2) is 5.32. The predicted octanol–water partition coefficient (Wildman–Crippen LogP) is 3.17. The number of nitrogen functional groups attached to an aromatic ring is 1. The number of aryl methyl sites for hydroxylation is 1. The van der Waals surface area contributed by atoms with Crippen molar-refractivity contribution in [2.75, 3.05) is 11.1 Å². The number of para-hydroxylation sites is 1. The van der Waals surface area contributed by atoms with Crippen molar-refractivity contribution in [3.63, 3.8) is 0 Å². The zero-order valence-electron chi connectivity index (χ0n) is 11.8. The van der Waals surface area contributed by atoms with E-state index in [1.807, 2.05) is 41.1 Å². The minimum atomic E-state index is -0.0682. The average molecular weight is 279 g/mol. The zero-order chi connectivity index (χ0) is 14.8. The number of anilines is 2. The maximum absolute atomic E-state index is 12.2.